The number of nitrogens with one attached hydrogen (secondary N) is 1. The molecule has 8 nitrogen and oxygen atoms in total. The second-order valence-corrected chi connectivity index (χ2v) is 7.25. The number of carbonyl (C=O) groups is 3. The predicted molar refractivity (Wildman–Crippen MR) is 100 cm³/mol. The molecule has 0 bridgehead atoms. The Morgan fingerprint density at radius 3 is 2.60 bits per heavy atom. The van der Waals surface area contributed by atoms with Gasteiger partial charge in [-0.3, -0.25) is 14.4 Å². The van der Waals surface area contributed by atoms with Crippen LogP contribution in [0.3, 0.4) is 0 Å². The van der Waals surface area contributed by atoms with Crippen LogP contribution in [0.2, 0.25) is 0 Å². The van der Waals surface area contributed by atoms with Crippen LogP contribution in [0.15, 0.2) is 34.9 Å². The second-order valence-electron chi connectivity index (χ2n) is 7.25. The maximum atomic E-state index is 14.1. The second kappa shape index (κ2) is 9.10. The molecule has 2 amide bonds. The van der Waals surface area contributed by atoms with E-state index in [1.54, 1.807) is 30.3 Å². The van der Waals surface area contributed by atoms with Crippen LogP contribution in [0.1, 0.15) is 53.7 Å². The van der Waals surface area contributed by atoms with Gasteiger partial charge >= 0.3 is 0 Å². The molecule has 1 radical (unpaired) electrons. The number of rotatable bonds is 11. The summed E-state index contributed by atoms with van der Waals surface area (Å²) in [6, 6.07) is 6.75. The topological polar surface area (TPSA) is 128 Å². The molecule has 1 heterocycles. The molecule has 1 aliphatic rings. The highest BCUT2D eigenvalue weighted by atomic mass is 19.3. The van der Waals surface area contributed by atoms with Crippen molar-refractivity contribution in [3.8, 4) is 0 Å². The third-order valence-electron chi connectivity index (χ3n) is 4.52. The summed E-state index contributed by atoms with van der Waals surface area (Å²) in [7, 11) is 0. The summed E-state index contributed by atoms with van der Waals surface area (Å²) in [6.07, 6.45) is 0.625. The fourth-order valence-electron chi connectivity index (χ4n) is 2.84. The normalized spacial score (nSPS) is 14.9. The first kappa shape index (κ1) is 21.5. The van der Waals surface area contributed by atoms with Crippen molar-refractivity contribution in [1.82, 2.24) is 15.5 Å². The molecule has 0 aliphatic heterocycles. The third kappa shape index (κ3) is 6.16. The zero-order valence-electron chi connectivity index (χ0n) is 16.0. The van der Waals surface area contributed by atoms with Crippen LogP contribution in [-0.2, 0) is 16.0 Å². The number of hydrogen-bond donors (Lipinski definition) is 2. The van der Waals surface area contributed by atoms with Gasteiger partial charge < -0.3 is 15.6 Å². The van der Waals surface area contributed by atoms with Crippen molar-refractivity contribution in [2.75, 3.05) is 0 Å². The van der Waals surface area contributed by atoms with Crippen LogP contribution in [0.25, 0.3) is 0 Å². The fourth-order valence-corrected chi connectivity index (χ4v) is 2.84. The van der Waals surface area contributed by atoms with Gasteiger partial charge in [0.05, 0.1) is 12.8 Å². The van der Waals surface area contributed by atoms with Crippen LogP contribution < -0.4 is 11.1 Å². The molecule has 30 heavy (non-hydrogen) atoms. The average Bonchev–Trinajstić information content (AvgIpc) is 3.42. The molecule has 2 aromatic rings. The smallest absolute Gasteiger partial charge is 0.296 e. The first-order valence-corrected chi connectivity index (χ1v) is 9.45. The Bertz CT molecular complexity index is 913. The number of amides is 2. The number of alkyl halides is 2. The number of halogens is 2. The number of hydrogen-bond acceptors (Lipinski definition) is 6. The molecular formula is C20H21F2N4O4. The Hall–Kier alpha value is -3.17. The van der Waals surface area contributed by atoms with Gasteiger partial charge in [-0.2, -0.15) is 4.98 Å². The molecule has 1 aromatic heterocycles. The number of Topliss-reactive ketones (excluding diaryl/α,β-unsaturated/α-hetero) is 1. The molecule has 0 unspecified atom stereocenters. The van der Waals surface area contributed by atoms with E-state index in [0.29, 0.717) is 11.4 Å². The zero-order valence-corrected chi connectivity index (χ0v) is 16.0. The SMILES string of the molecule is NC(=O)C[C@H](NC(=O)[CH]CC(F)(F)Cc1ccccc1)C(=O)c1nc(C2CC2)no1. The number of aromatic nitrogens is 2. The van der Waals surface area contributed by atoms with Crippen LogP contribution in [0, 0.1) is 6.42 Å². The third-order valence-corrected chi connectivity index (χ3v) is 4.52. The number of carbonyl (C=O) groups excluding carboxylic acids is 3. The van der Waals surface area contributed by atoms with E-state index in [2.05, 4.69) is 15.5 Å². The number of nitrogens with zero attached hydrogens (tertiary/aromatic N) is 2. The fraction of sp³-hybridized carbons (Fsp3) is 0.400. The molecule has 3 N–H and O–H groups in total. The van der Waals surface area contributed by atoms with Crippen molar-refractivity contribution in [2.24, 2.45) is 5.73 Å². The van der Waals surface area contributed by atoms with E-state index in [9.17, 15) is 23.2 Å². The first-order chi connectivity index (χ1) is 14.2. The summed E-state index contributed by atoms with van der Waals surface area (Å²) in [4.78, 5) is 39.9. The van der Waals surface area contributed by atoms with Gasteiger partial charge in [-0.25, -0.2) is 8.78 Å². The molecule has 0 saturated heterocycles. The summed E-state index contributed by atoms with van der Waals surface area (Å²) >= 11 is 0. The van der Waals surface area contributed by atoms with Crippen LogP contribution in [-0.4, -0.2) is 39.7 Å². The van der Waals surface area contributed by atoms with Gasteiger partial charge in [0.2, 0.25) is 17.6 Å². The molecule has 1 aliphatic carbocycles. The Balaban J connectivity index is 1.57. The molecule has 0 spiro atoms. The average molecular weight is 419 g/mol. The van der Waals surface area contributed by atoms with Gasteiger partial charge in [0.15, 0.2) is 5.82 Å². The van der Waals surface area contributed by atoms with E-state index in [1.807, 2.05) is 0 Å². The Morgan fingerprint density at radius 1 is 1.27 bits per heavy atom. The number of primary amides is 1. The highest BCUT2D eigenvalue weighted by molar-refractivity contribution is 6.01. The van der Waals surface area contributed by atoms with E-state index in [4.69, 9.17) is 10.3 Å². The van der Waals surface area contributed by atoms with Crippen molar-refractivity contribution in [2.45, 2.75) is 50.0 Å². The highest BCUT2D eigenvalue weighted by Gasteiger charge is 2.34. The van der Waals surface area contributed by atoms with Gasteiger partial charge in [0, 0.05) is 18.8 Å². The van der Waals surface area contributed by atoms with E-state index >= 15 is 0 Å². The Kier molecular flexibility index (Phi) is 6.53. The van der Waals surface area contributed by atoms with Crippen molar-refractivity contribution in [1.29, 1.82) is 0 Å². The maximum Gasteiger partial charge on any atom is 0.296 e. The maximum absolute atomic E-state index is 14.1. The summed E-state index contributed by atoms with van der Waals surface area (Å²) < 4.78 is 33.2. The molecular weight excluding hydrogens is 398 g/mol. The highest BCUT2D eigenvalue weighted by Crippen LogP contribution is 2.38. The summed E-state index contributed by atoms with van der Waals surface area (Å²) in [5, 5.41) is 5.94. The van der Waals surface area contributed by atoms with E-state index in [-0.39, 0.29) is 11.8 Å². The lowest BCUT2D eigenvalue weighted by molar-refractivity contribution is -0.120. The monoisotopic (exact) mass is 419 g/mol. The van der Waals surface area contributed by atoms with Crippen molar-refractivity contribution in [3.63, 3.8) is 0 Å². The van der Waals surface area contributed by atoms with Crippen LogP contribution in [0.4, 0.5) is 8.78 Å². The minimum absolute atomic E-state index is 0.139. The number of ketones is 1. The van der Waals surface area contributed by atoms with E-state index in [0.717, 1.165) is 19.3 Å². The summed E-state index contributed by atoms with van der Waals surface area (Å²) in [5.74, 6) is -5.58. The van der Waals surface area contributed by atoms with Crippen molar-refractivity contribution < 1.29 is 27.7 Å². The molecule has 1 fully saturated rings. The Labute approximate surface area is 171 Å². The quantitative estimate of drug-likeness (QED) is 0.536. The van der Waals surface area contributed by atoms with Gasteiger partial charge in [0.25, 0.3) is 11.8 Å². The predicted octanol–water partition coefficient (Wildman–Crippen LogP) is 1.96. The first-order valence-electron chi connectivity index (χ1n) is 9.45. The lowest BCUT2D eigenvalue weighted by Crippen LogP contribution is -2.44. The van der Waals surface area contributed by atoms with E-state index < -0.39 is 48.8 Å². The van der Waals surface area contributed by atoms with Crippen molar-refractivity contribution in [3.05, 3.63) is 54.0 Å². The largest absolute Gasteiger partial charge is 0.370 e. The molecule has 1 aromatic carbocycles. The Morgan fingerprint density at radius 2 is 1.97 bits per heavy atom. The van der Waals surface area contributed by atoms with E-state index in [1.165, 1.54) is 0 Å². The molecule has 159 valence electrons. The molecule has 1 atom stereocenters. The molecule has 10 heteroatoms. The number of nitrogens with two attached hydrogens (primary N) is 1. The molecule has 3 rings (SSSR count). The standard InChI is InChI=1S/C20H21F2N4O4/c21-20(22,11-12-4-2-1-3-5-12)9-8-16(28)24-14(10-15(23)27)17(29)19-25-18(26-30-19)13-6-7-13/h1-5,8,13-14H,6-7,9-11H2,(H2,23,27)(H,24,28)/t14-/m0/s1. The molecule has 1 saturated carbocycles. The lowest BCUT2D eigenvalue weighted by Gasteiger charge is -2.18. The van der Waals surface area contributed by atoms with Gasteiger partial charge in [-0.15, -0.1) is 0 Å². The zero-order chi connectivity index (χ0) is 21.7. The van der Waals surface area contributed by atoms with Gasteiger partial charge in [0.1, 0.15) is 6.04 Å². The van der Waals surface area contributed by atoms with Crippen LogP contribution in [0.5, 0.6) is 0 Å². The summed E-state index contributed by atoms with van der Waals surface area (Å²) in [5.41, 5.74) is 5.57. The number of benzene rings is 1. The van der Waals surface area contributed by atoms with Gasteiger partial charge in [-0.05, 0) is 18.4 Å². The van der Waals surface area contributed by atoms with Gasteiger partial charge in [-0.1, -0.05) is 35.5 Å². The lowest BCUT2D eigenvalue weighted by atomic mass is 10.0. The van der Waals surface area contributed by atoms with Crippen LogP contribution >= 0.6 is 0 Å². The van der Waals surface area contributed by atoms with Crippen molar-refractivity contribution >= 4 is 17.6 Å². The minimum Gasteiger partial charge on any atom is -0.370 e. The summed E-state index contributed by atoms with van der Waals surface area (Å²) in [6.45, 7) is 0. The minimum atomic E-state index is -3.16.